The van der Waals surface area contributed by atoms with E-state index in [2.05, 4.69) is 5.32 Å². The van der Waals surface area contributed by atoms with Crippen LogP contribution in [0.2, 0.25) is 0 Å². The van der Waals surface area contributed by atoms with E-state index in [-0.39, 0.29) is 17.7 Å². The van der Waals surface area contributed by atoms with E-state index in [1.807, 2.05) is 31.2 Å². The van der Waals surface area contributed by atoms with Crippen LogP contribution in [0.1, 0.15) is 36.8 Å². The molecule has 2 atom stereocenters. The Kier molecular flexibility index (Phi) is 4.77. The number of hydrogen-bond acceptors (Lipinski definition) is 2. The molecule has 1 saturated carbocycles. The van der Waals surface area contributed by atoms with Crippen LogP contribution in [-0.2, 0) is 16.1 Å². The quantitative estimate of drug-likeness (QED) is 0.887. The van der Waals surface area contributed by atoms with Gasteiger partial charge in [-0.3, -0.25) is 9.59 Å². The zero-order valence-corrected chi connectivity index (χ0v) is 11.8. The van der Waals surface area contributed by atoms with Gasteiger partial charge in [0.15, 0.2) is 0 Å². The molecule has 0 heterocycles. The van der Waals surface area contributed by atoms with Gasteiger partial charge in [0.05, 0.1) is 5.92 Å². The number of carbonyl (C=O) groups excluding carboxylic acids is 1. The van der Waals surface area contributed by atoms with E-state index in [4.69, 9.17) is 5.11 Å². The molecule has 2 N–H and O–H groups in total. The van der Waals surface area contributed by atoms with Crippen molar-refractivity contribution in [1.82, 2.24) is 5.32 Å². The summed E-state index contributed by atoms with van der Waals surface area (Å²) in [7, 11) is 0. The highest BCUT2D eigenvalue weighted by molar-refractivity contribution is 5.80. The summed E-state index contributed by atoms with van der Waals surface area (Å²) in [6, 6.07) is 8.03. The first-order valence-electron chi connectivity index (χ1n) is 7.12. The average Bonchev–Trinajstić information content (AvgIpc) is 2.46. The topological polar surface area (TPSA) is 66.4 Å². The van der Waals surface area contributed by atoms with Gasteiger partial charge in [0, 0.05) is 12.5 Å². The summed E-state index contributed by atoms with van der Waals surface area (Å²) in [5, 5.41) is 12.0. The number of amides is 1. The summed E-state index contributed by atoms with van der Waals surface area (Å²) in [5.41, 5.74) is 2.26. The SMILES string of the molecule is Cc1ccc(CNC(=O)[C@H]2CCC[C@@H](C(=O)O)C2)cc1. The van der Waals surface area contributed by atoms with Crippen LogP contribution in [0.4, 0.5) is 0 Å². The Morgan fingerprint density at radius 3 is 2.50 bits per heavy atom. The van der Waals surface area contributed by atoms with Crippen LogP contribution in [0.25, 0.3) is 0 Å². The fourth-order valence-electron chi connectivity index (χ4n) is 2.69. The van der Waals surface area contributed by atoms with Gasteiger partial charge in [-0.05, 0) is 31.7 Å². The fraction of sp³-hybridized carbons (Fsp3) is 0.500. The molecule has 0 saturated heterocycles. The van der Waals surface area contributed by atoms with Crippen LogP contribution < -0.4 is 5.32 Å². The molecule has 1 aliphatic rings. The highest BCUT2D eigenvalue weighted by atomic mass is 16.4. The number of aryl methyl sites for hydroxylation is 1. The molecule has 1 aliphatic carbocycles. The van der Waals surface area contributed by atoms with Crippen molar-refractivity contribution in [3.05, 3.63) is 35.4 Å². The van der Waals surface area contributed by atoms with Gasteiger partial charge in [-0.2, -0.15) is 0 Å². The molecule has 0 spiro atoms. The van der Waals surface area contributed by atoms with Crippen molar-refractivity contribution in [2.75, 3.05) is 0 Å². The molecule has 108 valence electrons. The second kappa shape index (κ2) is 6.55. The summed E-state index contributed by atoms with van der Waals surface area (Å²) >= 11 is 0. The minimum absolute atomic E-state index is 0.0171. The normalized spacial score (nSPS) is 22.2. The maximum absolute atomic E-state index is 12.1. The number of hydrogen-bond donors (Lipinski definition) is 2. The zero-order chi connectivity index (χ0) is 14.5. The van der Waals surface area contributed by atoms with Gasteiger partial charge in [0.25, 0.3) is 0 Å². The van der Waals surface area contributed by atoms with Crippen LogP contribution >= 0.6 is 0 Å². The van der Waals surface area contributed by atoms with Gasteiger partial charge >= 0.3 is 5.97 Å². The molecule has 0 unspecified atom stereocenters. The third-order valence-corrected chi connectivity index (χ3v) is 3.98. The lowest BCUT2D eigenvalue weighted by atomic mass is 9.81. The highest BCUT2D eigenvalue weighted by Gasteiger charge is 2.30. The van der Waals surface area contributed by atoms with E-state index in [0.29, 0.717) is 19.4 Å². The fourth-order valence-corrected chi connectivity index (χ4v) is 2.69. The molecule has 20 heavy (non-hydrogen) atoms. The zero-order valence-electron chi connectivity index (χ0n) is 11.8. The van der Waals surface area contributed by atoms with Crippen molar-refractivity contribution >= 4 is 11.9 Å². The molecule has 0 radical (unpaired) electrons. The van der Waals surface area contributed by atoms with Gasteiger partial charge in [-0.25, -0.2) is 0 Å². The maximum Gasteiger partial charge on any atom is 0.306 e. The molecule has 2 rings (SSSR count). The maximum atomic E-state index is 12.1. The monoisotopic (exact) mass is 275 g/mol. The first-order chi connectivity index (χ1) is 9.56. The van der Waals surface area contributed by atoms with E-state index in [0.717, 1.165) is 18.4 Å². The van der Waals surface area contributed by atoms with Crippen molar-refractivity contribution in [3.63, 3.8) is 0 Å². The Bertz CT molecular complexity index is 481. The standard InChI is InChI=1S/C16H21NO3/c1-11-5-7-12(8-6-11)10-17-15(18)13-3-2-4-14(9-13)16(19)20/h5-8,13-14H,2-4,9-10H2,1H3,(H,17,18)(H,19,20)/t13-,14+/m0/s1. The minimum atomic E-state index is -0.777. The summed E-state index contributed by atoms with van der Waals surface area (Å²) in [5.74, 6) is -1.31. The number of carboxylic acids is 1. The van der Waals surface area contributed by atoms with Gasteiger partial charge in [0.2, 0.25) is 5.91 Å². The molecule has 0 bridgehead atoms. The molecule has 1 amide bonds. The van der Waals surface area contributed by atoms with Gasteiger partial charge in [-0.15, -0.1) is 0 Å². The van der Waals surface area contributed by atoms with E-state index in [1.54, 1.807) is 0 Å². The molecule has 0 aromatic heterocycles. The third kappa shape index (κ3) is 3.83. The Morgan fingerprint density at radius 1 is 1.20 bits per heavy atom. The van der Waals surface area contributed by atoms with Crippen LogP contribution in [0.15, 0.2) is 24.3 Å². The molecule has 4 nitrogen and oxygen atoms in total. The molecule has 4 heteroatoms. The van der Waals surface area contributed by atoms with Crippen LogP contribution in [0.3, 0.4) is 0 Å². The molecule has 0 aliphatic heterocycles. The summed E-state index contributed by atoms with van der Waals surface area (Å²) < 4.78 is 0. The Hall–Kier alpha value is -1.84. The van der Waals surface area contributed by atoms with Gasteiger partial charge in [-0.1, -0.05) is 36.2 Å². The smallest absolute Gasteiger partial charge is 0.306 e. The molecular formula is C16H21NO3. The van der Waals surface area contributed by atoms with Crippen molar-refractivity contribution < 1.29 is 14.7 Å². The van der Waals surface area contributed by atoms with Crippen LogP contribution in [0, 0.1) is 18.8 Å². The number of rotatable bonds is 4. The second-order valence-electron chi connectivity index (χ2n) is 5.60. The Balaban J connectivity index is 1.85. The number of carbonyl (C=O) groups is 2. The molecule has 1 aromatic carbocycles. The predicted octanol–water partition coefficient (Wildman–Crippen LogP) is 2.50. The number of nitrogens with one attached hydrogen (secondary N) is 1. The molecule has 1 fully saturated rings. The van der Waals surface area contributed by atoms with Crippen molar-refractivity contribution in [2.45, 2.75) is 39.2 Å². The highest BCUT2D eigenvalue weighted by Crippen LogP contribution is 2.29. The largest absolute Gasteiger partial charge is 0.481 e. The molecular weight excluding hydrogens is 254 g/mol. The van der Waals surface area contributed by atoms with Crippen LogP contribution in [0.5, 0.6) is 0 Å². The minimum Gasteiger partial charge on any atom is -0.481 e. The van der Waals surface area contributed by atoms with E-state index in [9.17, 15) is 9.59 Å². The lowest BCUT2D eigenvalue weighted by Gasteiger charge is -2.25. The number of aliphatic carboxylic acids is 1. The van der Waals surface area contributed by atoms with E-state index in [1.165, 1.54) is 5.56 Å². The first kappa shape index (κ1) is 14.6. The second-order valence-corrected chi connectivity index (χ2v) is 5.60. The number of benzene rings is 1. The summed E-state index contributed by atoms with van der Waals surface area (Å²) in [6.45, 7) is 2.53. The van der Waals surface area contributed by atoms with Crippen molar-refractivity contribution in [3.8, 4) is 0 Å². The lowest BCUT2D eigenvalue weighted by Crippen LogP contribution is -2.35. The predicted molar refractivity (Wildman–Crippen MR) is 76.1 cm³/mol. The van der Waals surface area contributed by atoms with Crippen molar-refractivity contribution in [1.29, 1.82) is 0 Å². The van der Waals surface area contributed by atoms with Crippen molar-refractivity contribution in [2.24, 2.45) is 11.8 Å². The van der Waals surface area contributed by atoms with Gasteiger partial charge < -0.3 is 10.4 Å². The Morgan fingerprint density at radius 2 is 1.85 bits per heavy atom. The number of carboxylic acid groups (broad SMARTS) is 1. The Labute approximate surface area is 119 Å². The lowest BCUT2D eigenvalue weighted by molar-refractivity contribution is -0.144. The van der Waals surface area contributed by atoms with Crippen LogP contribution in [-0.4, -0.2) is 17.0 Å². The van der Waals surface area contributed by atoms with E-state index < -0.39 is 5.97 Å². The van der Waals surface area contributed by atoms with E-state index >= 15 is 0 Å². The summed E-state index contributed by atoms with van der Waals surface area (Å²) in [4.78, 5) is 23.1. The molecule has 1 aromatic rings. The first-order valence-corrected chi connectivity index (χ1v) is 7.12. The average molecular weight is 275 g/mol. The third-order valence-electron chi connectivity index (χ3n) is 3.98. The summed E-state index contributed by atoms with van der Waals surface area (Å²) in [6.07, 6.45) is 2.77. The van der Waals surface area contributed by atoms with Gasteiger partial charge in [0.1, 0.15) is 0 Å².